The number of aryl methyl sites for hydroxylation is 2. The third-order valence-electron chi connectivity index (χ3n) is 5.58. The van der Waals surface area contributed by atoms with Crippen molar-refractivity contribution in [2.45, 2.75) is 32.3 Å². The van der Waals surface area contributed by atoms with Gasteiger partial charge in [0.05, 0.1) is 5.69 Å². The Labute approximate surface area is 214 Å². The van der Waals surface area contributed by atoms with Crippen molar-refractivity contribution in [2.75, 3.05) is 11.4 Å². The quantitative estimate of drug-likeness (QED) is 0.492. The number of para-hydroxylation sites is 1. The minimum Gasteiger partial charge on any atom is -0.550 e. The molecule has 3 aromatic carbocycles. The van der Waals surface area contributed by atoms with Crippen molar-refractivity contribution in [1.29, 1.82) is 0 Å². The Balaban J connectivity index is 0.00000306. The smallest absolute Gasteiger partial charge is 0.550 e. The van der Waals surface area contributed by atoms with Crippen LogP contribution in [0.1, 0.15) is 39.9 Å². The number of carboxylic acid groups (broad SMARTS) is 1. The third kappa shape index (κ3) is 6.02. The molecule has 0 spiro atoms. The van der Waals surface area contributed by atoms with Crippen LogP contribution in [0, 0.1) is 5.82 Å². The van der Waals surface area contributed by atoms with Gasteiger partial charge >= 0.3 is 29.6 Å². The van der Waals surface area contributed by atoms with Gasteiger partial charge in [-0.05, 0) is 55.0 Å². The van der Waals surface area contributed by atoms with E-state index in [1.165, 1.54) is 12.1 Å². The minimum absolute atomic E-state index is 0. The fourth-order valence-corrected chi connectivity index (χ4v) is 4.01. The molecule has 0 N–H and O–H groups in total. The molecular weight excluding hydrogens is 432 g/mol. The Morgan fingerprint density at radius 2 is 1.79 bits per heavy atom. The second-order valence-electron chi connectivity index (χ2n) is 7.77. The number of fused-ring (bicyclic) bond motifs is 1. The number of hydrogen-bond acceptors (Lipinski definition) is 4. The molecule has 0 unspecified atom stereocenters. The first kappa shape index (κ1) is 25.0. The van der Waals surface area contributed by atoms with E-state index in [0.717, 1.165) is 29.7 Å². The summed E-state index contributed by atoms with van der Waals surface area (Å²) in [4.78, 5) is 25.6. The van der Waals surface area contributed by atoms with Gasteiger partial charge < -0.3 is 19.5 Å². The van der Waals surface area contributed by atoms with Gasteiger partial charge in [0.2, 0.25) is 0 Å². The summed E-state index contributed by atoms with van der Waals surface area (Å²) in [6.45, 7) is 0.805. The Kier molecular flexibility index (Phi) is 8.67. The monoisotopic (exact) mass is 455 g/mol. The summed E-state index contributed by atoms with van der Waals surface area (Å²) in [5.41, 5.74) is 3.74. The average Bonchev–Trinajstić information content (AvgIpc) is 2.81. The predicted octanol–water partition coefficient (Wildman–Crippen LogP) is 0.684. The maximum absolute atomic E-state index is 14.3. The largest absolute Gasteiger partial charge is 1.00 e. The SMILES string of the molecule is O=C([O-])CCc1ccc(OCc2cccc3c2N(C(=O)c2ccccc2)CCC3)cc1F.[Na+]. The molecule has 1 aliphatic rings. The molecule has 0 aromatic heterocycles. The Morgan fingerprint density at radius 1 is 1.00 bits per heavy atom. The maximum Gasteiger partial charge on any atom is 1.00 e. The molecule has 0 aliphatic carbocycles. The standard InChI is InChI=1S/C26H24FNO4.Na/c27-23-16-22(13-11-18(23)12-14-24(29)30)32-17-21-9-4-8-19-10-5-15-28(25(19)21)26(31)20-6-2-1-3-7-20;/h1-4,6-9,11,13,16H,5,10,12,14-15,17H2,(H,29,30);/q;+1/p-1. The zero-order chi connectivity index (χ0) is 22.5. The first-order valence-electron chi connectivity index (χ1n) is 10.6. The van der Waals surface area contributed by atoms with Crippen LogP contribution in [-0.4, -0.2) is 18.4 Å². The van der Waals surface area contributed by atoms with Crippen molar-refractivity contribution in [2.24, 2.45) is 0 Å². The normalized spacial score (nSPS) is 12.5. The summed E-state index contributed by atoms with van der Waals surface area (Å²) in [6.07, 6.45) is 1.59. The first-order valence-corrected chi connectivity index (χ1v) is 10.6. The van der Waals surface area contributed by atoms with Gasteiger partial charge in [0, 0.05) is 29.7 Å². The second-order valence-corrected chi connectivity index (χ2v) is 7.77. The molecule has 0 radical (unpaired) electrons. The van der Waals surface area contributed by atoms with Crippen molar-refractivity contribution >= 4 is 17.6 Å². The number of ether oxygens (including phenoxy) is 1. The zero-order valence-electron chi connectivity index (χ0n) is 18.6. The number of amides is 1. The van der Waals surface area contributed by atoms with Crippen molar-refractivity contribution in [1.82, 2.24) is 0 Å². The number of carboxylic acids is 1. The van der Waals surface area contributed by atoms with E-state index >= 15 is 0 Å². The van der Waals surface area contributed by atoms with Crippen molar-refractivity contribution in [3.63, 3.8) is 0 Å². The molecule has 3 aromatic rings. The fourth-order valence-electron chi connectivity index (χ4n) is 4.01. The molecule has 7 heteroatoms. The van der Waals surface area contributed by atoms with Crippen LogP contribution in [0.5, 0.6) is 5.75 Å². The number of aliphatic carboxylic acids is 1. The van der Waals surface area contributed by atoms with Gasteiger partial charge in [-0.1, -0.05) is 42.5 Å². The number of benzene rings is 3. The predicted molar refractivity (Wildman–Crippen MR) is 117 cm³/mol. The minimum atomic E-state index is -1.21. The Hall–Kier alpha value is -2.67. The van der Waals surface area contributed by atoms with Gasteiger partial charge in [0.15, 0.2) is 0 Å². The van der Waals surface area contributed by atoms with Gasteiger partial charge in [0.25, 0.3) is 5.91 Å². The molecule has 0 fully saturated rings. The van der Waals surface area contributed by atoms with Crippen LogP contribution >= 0.6 is 0 Å². The molecule has 0 bridgehead atoms. The van der Waals surface area contributed by atoms with Crippen molar-refractivity contribution in [3.8, 4) is 5.75 Å². The first-order chi connectivity index (χ1) is 15.5. The van der Waals surface area contributed by atoms with E-state index in [4.69, 9.17) is 4.74 Å². The number of carbonyl (C=O) groups is 2. The molecule has 4 rings (SSSR count). The molecule has 1 aliphatic heterocycles. The number of rotatable bonds is 7. The summed E-state index contributed by atoms with van der Waals surface area (Å²) in [5.74, 6) is -1.44. The van der Waals surface area contributed by atoms with Crippen LogP contribution in [0.25, 0.3) is 0 Å². The van der Waals surface area contributed by atoms with Crippen LogP contribution < -0.4 is 44.3 Å². The van der Waals surface area contributed by atoms with Crippen LogP contribution in [0.3, 0.4) is 0 Å². The summed E-state index contributed by atoms with van der Waals surface area (Å²) in [5, 5.41) is 10.6. The Bertz CT molecular complexity index is 1140. The molecule has 1 heterocycles. The van der Waals surface area contributed by atoms with Gasteiger partial charge in [0.1, 0.15) is 18.2 Å². The van der Waals surface area contributed by atoms with Crippen LogP contribution in [-0.2, 0) is 24.2 Å². The van der Waals surface area contributed by atoms with Crippen molar-refractivity contribution in [3.05, 3.63) is 94.8 Å². The molecule has 0 saturated carbocycles. The fraction of sp³-hybridized carbons (Fsp3) is 0.231. The third-order valence-corrected chi connectivity index (χ3v) is 5.58. The van der Waals surface area contributed by atoms with Crippen LogP contribution in [0.4, 0.5) is 10.1 Å². The Morgan fingerprint density at radius 3 is 2.52 bits per heavy atom. The molecule has 33 heavy (non-hydrogen) atoms. The van der Waals surface area contributed by atoms with Gasteiger partial charge in [-0.15, -0.1) is 0 Å². The summed E-state index contributed by atoms with van der Waals surface area (Å²) >= 11 is 0. The number of nitrogens with zero attached hydrogens (tertiary/aromatic N) is 1. The van der Waals surface area contributed by atoms with E-state index < -0.39 is 11.8 Å². The summed E-state index contributed by atoms with van der Waals surface area (Å²) in [6, 6.07) is 19.5. The van der Waals surface area contributed by atoms with E-state index in [9.17, 15) is 19.1 Å². The van der Waals surface area contributed by atoms with Crippen LogP contribution in [0.2, 0.25) is 0 Å². The van der Waals surface area contributed by atoms with E-state index in [2.05, 4.69) is 0 Å². The zero-order valence-corrected chi connectivity index (χ0v) is 20.6. The van der Waals surface area contributed by atoms with E-state index in [0.29, 0.717) is 23.4 Å². The van der Waals surface area contributed by atoms with Crippen molar-refractivity contribution < 1.29 is 53.4 Å². The molecule has 0 atom stereocenters. The topological polar surface area (TPSA) is 69.7 Å². The van der Waals surface area contributed by atoms with Gasteiger partial charge in [-0.25, -0.2) is 4.39 Å². The number of hydrogen-bond donors (Lipinski definition) is 0. The van der Waals surface area contributed by atoms with Gasteiger partial charge in [-0.2, -0.15) is 0 Å². The number of carbonyl (C=O) groups excluding carboxylic acids is 2. The van der Waals surface area contributed by atoms with Crippen LogP contribution in [0.15, 0.2) is 66.7 Å². The molecule has 164 valence electrons. The molecular formula is C26H23FNNaO4. The number of anilines is 1. The molecule has 1 amide bonds. The van der Waals surface area contributed by atoms with E-state index in [1.807, 2.05) is 36.4 Å². The average molecular weight is 455 g/mol. The van der Waals surface area contributed by atoms with E-state index in [1.54, 1.807) is 23.1 Å². The summed E-state index contributed by atoms with van der Waals surface area (Å²) < 4.78 is 20.2. The maximum atomic E-state index is 14.3. The number of halogens is 1. The molecule has 0 saturated heterocycles. The second kappa shape index (κ2) is 11.5. The molecule has 5 nitrogen and oxygen atoms in total. The van der Waals surface area contributed by atoms with E-state index in [-0.39, 0.29) is 54.9 Å². The summed E-state index contributed by atoms with van der Waals surface area (Å²) in [7, 11) is 0. The van der Waals surface area contributed by atoms with Gasteiger partial charge in [-0.3, -0.25) is 4.79 Å².